The van der Waals surface area contributed by atoms with Gasteiger partial charge in [-0.25, -0.2) is 0 Å². The Morgan fingerprint density at radius 3 is 0.778 bits per heavy atom. The van der Waals surface area contributed by atoms with E-state index in [4.69, 9.17) is 0 Å². The zero-order valence-electron chi connectivity index (χ0n) is 13.9. The number of rotatable bonds is 11. The summed E-state index contributed by atoms with van der Waals surface area (Å²) in [7, 11) is 6.00. The van der Waals surface area contributed by atoms with Crippen LogP contribution in [0, 0.1) is 0 Å². The Labute approximate surface area is 117 Å². The van der Waals surface area contributed by atoms with Crippen molar-refractivity contribution in [3.63, 3.8) is 0 Å². The van der Waals surface area contributed by atoms with Crippen molar-refractivity contribution in [2.24, 2.45) is 0 Å². The van der Waals surface area contributed by atoms with Crippen molar-refractivity contribution in [3.8, 4) is 0 Å². The Hall–Kier alpha value is -0.0400. The molecular weight excluding hydrogens is 218 g/mol. The van der Waals surface area contributed by atoms with Gasteiger partial charge in [-0.3, -0.25) is 0 Å². The van der Waals surface area contributed by atoms with Crippen molar-refractivity contribution in [2.75, 3.05) is 21.1 Å². The van der Waals surface area contributed by atoms with E-state index in [1.165, 1.54) is 77.0 Å². The van der Waals surface area contributed by atoms with Crippen LogP contribution < -0.4 is 0 Å². The highest BCUT2D eigenvalue weighted by atomic mass is 15.0. The summed E-state index contributed by atoms with van der Waals surface area (Å²) in [5.74, 6) is 0. The van der Waals surface area contributed by atoms with Crippen LogP contribution in [0.1, 0.15) is 90.9 Å². The van der Waals surface area contributed by atoms with E-state index in [1.54, 1.807) is 0 Å². The largest absolute Gasteiger partial charge is 0.312 e. The van der Waals surface area contributed by atoms with Crippen LogP contribution in [0.2, 0.25) is 0 Å². The van der Waals surface area contributed by atoms with Crippen molar-refractivity contribution in [2.45, 2.75) is 90.9 Å². The van der Waals surface area contributed by atoms with Gasteiger partial charge in [-0.15, -0.1) is 0 Å². The average molecular weight is 258 g/mol. The summed E-state index contributed by atoms with van der Waals surface area (Å²) in [6, 6.07) is 0. The molecule has 1 nitrogen and oxygen atoms in total. The molecular formula is C17H39N. The fourth-order valence-corrected chi connectivity index (χ4v) is 1.91. The maximum Gasteiger partial charge on any atom is -0.0140 e. The third-order valence-electron chi connectivity index (χ3n) is 2.96. The summed E-state index contributed by atoms with van der Waals surface area (Å²) < 4.78 is 0. The Morgan fingerprint density at radius 2 is 0.611 bits per heavy atom. The molecule has 0 unspecified atom stereocenters. The van der Waals surface area contributed by atoms with E-state index in [-0.39, 0.29) is 0 Å². The average Bonchev–Trinajstić information content (AvgIpc) is 2.31. The minimum Gasteiger partial charge on any atom is -0.312 e. The topological polar surface area (TPSA) is 3.24 Å². The van der Waals surface area contributed by atoms with Crippen LogP contribution >= 0.6 is 0 Å². The van der Waals surface area contributed by atoms with Gasteiger partial charge in [0, 0.05) is 0 Å². The highest BCUT2D eigenvalue weighted by Crippen LogP contribution is 2.11. The van der Waals surface area contributed by atoms with Gasteiger partial charge < -0.3 is 4.90 Å². The molecule has 18 heavy (non-hydrogen) atoms. The second-order valence-electron chi connectivity index (χ2n) is 5.88. The lowest BCUT2D eigenvalue weighted by atomic mass is 10.1. The molecule has 0 spiro atoms. The second kappa shape index (κ2) is 19.3. The monoisotopic (exact) mass is 257 g/mol. The summed E-state index contributed by atoms with van der Waals surface area (Å²) in [5, 5.41) is 0. The van der Waals surface area contributed by atoms with Crippen LogP contribution in [0.15, 0.2) is 0 Å². The summed E-state index contributed by atoms with van der Waals surface area (Å²) >= 11 is 0. The number of unbranched alkanes of at least 4 members (excludes halogenated alkanes) is 11. The molecule has 0 heterocycles. The first-order valence-electron chi connectivity index (χ1n) is 8.26. The first-order chi connectivity index (χ1) is 8.65. The molecule has 0 N–H and O–H groups in total. The summed E-state index contributed by atoms with van der Waals surface area (Å²) in [4.78, 5) is 2.00. The standard InChI is InChI=1S/C14H30.C3H9N/c1-3-5-7-9-11-13-14-12-10-8-6-4-2;1-4(2)3/h3-14H2,1-2H3;1-3H3. The van der Waals surface area contributed by atoms with Gasteiger partial charge in [0.15, 0.2) is 0 Å². The van der Waals surface area contributed by atoms with E-state index in [0.29, 0.717) is 0 Å². The van der Waals surface area contributed by atoms with Crippen LogP contribution in [0.5, 0.6) is 0 Å². The quantitative estimate of drug-likeness (QED) is 0.417. The van der Waals surface area contributed by atoms with E-state index >= 15 is 0 Å². The van der Waals surface area contributed by atoms with Crippen LogP contribution in [0.4, 0.5) is 0 Å². The minimum absolute atomic E-state index is 1.37. The van der Waals surface area contributed by atoms with Crippen LogP contribution in [-0.2, 0) is 0 Å². The summed E-state index contributed by atoms with van der Waals surface area (Å²) in [6.07, 6.45) is 17.4. The summed E-state index contributed by atoms with van der Waals surface area (Å²) in [6.45, 7) is 4.57. The zero-order chi connectivity index (χ0) is 14.1. The number of nitrogens with zero attached hydrogens (tertiary/aromatic N) is 1. The van der Waals surface area contributed by atoms with Crippen molar-refractivity contribution >= 4 is 0 Å². The van der Waals surface area contributed by atoms with Crippen molar-refractivity contribution in [1.29, 1.82) is 0 Å². The van der Waals surface area contributed by atoms with Crippen molar-refractivity contribution < 1.29 is 0 Å². The molecule has 0 saturated carbocycles. The van der Waals surface area contributed by atoms with E-state index in [2.05, 4.69) is 13.8 Å². The van der Waals surface area contributed by atoms with E-state index in [9.17, 15) is 0 Å². The Kier molecular flexibility index (Phi) is 21.7. The molecule has 0 fully saturated rings. The predicted molar refractivity (Wildman–Crippen MR) is 86.4 cm³/mol. The molecule has 112 valence electrons. The van der Waals surface area contributed by atoms with Crippen molar-refractivity contribution in [3.05, 3.63) is 0 Å². The van der Waals surface area contributed by atoms with E-state index < -0.39 is 0 Å². The fraction of sp³-hybridized carbons (Fsp3) is 1.00. The molecule has 0 rings (SSSR count). The van der Waals surface area contributed by atoms with Gasteiger partial charge in [0.1, 0.15) is 0 Å². The first kappa shape index (κ1) is 20.3. The SMILES string of the molecule is CCCCCCCCCCCCCC.CN(C)C. The Balaban J connectivity index is 0. The first-order valence-corrected chi connectivity index (χ1v) is 8.26. The third kappa shape index (κ3) is 29.7. The molecule has 0 aromatic heterocycles. The molecule has 0 aliphatic rings. The highest BCUT2D eigenvalue weighted by molar-refractivity contribution is 4.47. The lowest BCUT2D eigenvalue weighted by Gasteiger charge is -2.01. The Bertz CT molecular complexity index is 106. The lowest BCUT2D eigenvalue weighted by molar-refractivity contribution is 0.505. The minimum atomic E-state index is 1.37. The van der Waals surface area contributed by atoms with Crippen molar-refractivity contribution in [1.82, 2.24) is 4.90 Å². The molecule has 0 aliphatic carbocycles. The maximum atomic E-state index is 2.29. The van der Waals surface area contributed by atoms with Crippen LogP contribution in [-0.4, -0.2) is 26.0 Å². The molecule has 0 atom stereocenters. The molecule has 0 amide bonds. The van der Waals surface area contributed by atoms with Gasteiger partial charge in [-0.2, -0.15) is 0 Å². The number of hydrogen-bond acceptors (Lipinski definition) is 1. The zero-order valence-corrected chi connectivity index (χ0v) is 13.9. The molecule has 0 radical (unpaired) electrons. The molecule has 0 saturated heterocycles. The summed E-state index contributed by atoms with van der Waals surface area (Å²) in [5.41, 5.74) is 0. The van der Waals surface area contributed by atoms with Gasteiger partial charge >= 0.3 is 0 Å². The molecule has 0 aromatic rings. The molecule has 1 heteroatoms. The third-order valence-corrected chi connectivity index (χ3v) is 2.96. The lowest BCUT2D eigenvalue weighted by Crippen LogP contribution is -1.99. The predicted octanol–water partition coefficient (Wildman–Crippen LogP) is 5.89. The van der Waals surface area contributed by atoms with E-state index in [0.717, 1.165) is 0 Å². The Morgan fingerprint density at radius 1 is 0.444 bits per heavy atom. The van der Waals surface area contributed by atoms with Gasteiger partial charge in [-0.1, -0.05) is 90.9 Å². The fourth-order valence-electron chi connectivity index (χ4n) is 1.91. The maximum absolute atomic E-state index is 2.29. The van der Waals surface area contributed by atoms with Crippen LogP contribution in [0.3, 0.4) is 0 Å². The van der Waals surface area contributed by atoms with E-state index in [1.807, 2.05) is 26.0 Å². The second-order valence-corrected chi connectivity index (χ2v) is 5.88. The highest BCUT2D eigenvalue weighted by Gasteiger charge is 1.91. The number of hydrogen-bond donors (Lipinski definition) is 0. The van der Waals surface area contributed by atoms with Gasteiger partial charge in [0.25, 0.3) is 0 Å². The molecule has 0 aromatic carbocycles. The van der Waals surface area contributed by atoms with Crippen LogP contribution in [0.25, 0.3) is 0 Å². The van der Waals surface area contributed by atoms with Gasteiger partial charge in [0.2, 0.25) is 0 Å². The normalized spacial score (nSPS) is 10.3. The molecule has 0 aliphatic heterocycles. The van der Waals surface area contributed by atoms with Gasteiger partial charge in [-0.05, 0) is 21.1 Å². The van der Waals surface area contributed by atoms with Gasteiger partial charge in [0.05, 0.1) is 0 Å². The smallest absolute Gasteiger partial charge is 0.0140 e. The molecule has 0 bridgehead atoms.